The Kier molecular flexibility index (Phi) is 6.82. The Balaban J connectivity index is 1.29. The third-order valence-electron chi connectivity index (χ3n) is 5.68. The Morgan fingerprint density at radius 3 is 2.48 bits per heavy atom. The number of anilines is 3. The first-order valence-corrected chi connectivity index (χ1v) is 10.7. The van der Waals surface area contributed by atoms with Crippen LogP contribution in [0, 0.1) is 11.7 Å². The summed E-state index contributed by atoms with van der Waals surface area (Å²) in [4.78, 5) is 23.2. The second kappa shape index (κ2) is 10.1. The van der Waals surface area contributed by atoms with Crippen molar-refractivity contribution in [3.05, 3.63) is 65.8 Å². The summed E-state index contributed by atoms with van der Waals surface area (Å²) in [5, 5.41) is 12.8. The number of carbonyl (C=O) groups is 2. The molecule has 0 atom stereocenters. The van der Waals surface area contributed by atoms with Gasteiger partial charge in [-0.25, -0.2) is 9.18 Å². The number of benzene rings is 2. The maximum Gasteiger partial charge on any atom is 0.404 e. The van der Waals surface area contributed by atoms with E-state index in [-0.39, 0.29) is 17.6 Å². The molecule has 1 saturated carbocycles. The maximum atomic E-state index is 13.7. The molecule has 3 aromatic rings. The summed E-state index contributed by atoms with van der Waals surface area (Å²) in [6.45, 7) is 0.375. The lowest BCUT2D eigenvalue weighted by molar-refractivity contribution is 0.0991. The van der Waals surface area contributed by atoms with Gasteiger partial charge in [0.2, 0.25) is 0 Å². The summed E-state index contributed by atoms with van der Waals surface area (Å²) in [6, 6.07) is 13.6. The highest BCUT2D eigenvalue weighted by Crippen LogP contribution is 2.36. The number of nitrogens with one attached hydrogen (secondary N) is 2. The Bertz CT molecular complexity index is 1110. The average Bonchev–Trinajstić information content (AvgIpc) is 3.29. The molecule has 4 rings (SSSR count). The molecule has 1 fully saturated rings. The van der Waals surface area contributed by atoms with Crippen molar-refractivity contribution in [2.24, 2.45) is 11.7 Å². The van der Waals surface area contributed by atoms with Gasteiger partial charge in [-0.3, -0.25) is 4.79 Å². The van der Waals surface area contributed by atoms with Crippen molar-refractivity contribution in [3.8, 4) is 0 Å². The van der Waals surface area contributed by atoms with E-state index in [1.807, 2.05) is 24.3 Å². The molecule has 2 aromatic carbocycles. The summed E-state index contributed by atoms with van der Waals surface area (Å²) in [7, 11) is 0. The molecule has 0 spiro atoms. The van der Waals surface area contributed by atoms with E-state index in [0.717, 1.165) is 25.7 Å². The number of nitrogens with zero attached hydrogens (tertiary/aromatic N) is 2. The van der Waals surface area contributed by atoms with Crippen LogP contribution in [0.2, 0.25) is 0 Å². The van der Waals surface area contributed by atoms with Crippen molar-refractivity contribution in [3.63, 3.8) is 0 Å². The van der Waals surface area contributed by atoms with Crippen LogP contribution >= 0.6 is 0 Å². The van der Waals surface area contributed by atoms with Gasteiger partial charge in [0.15, 0.2) is 0 Å². The highest BCUT2D eigenvalue weighted by atomic mass is 19.1. The summed E-state index contributed by atoms with van der Waals surface area (Å²) >= 11 is 0. The lowest BCUT2D eigenvalue weighted by atomic mass is 9.79. The molecular formula is C23H24FN5O4. The highest BCUT2D eigenvalue weighted by molar-refractivity contribution is 6.00. The summed E-state index contributed by atoms with van der Waals surface area (Å²) < 4.78 is 23.9. The fourth-order valence-electron chi connectivity index (χ4n) is 3.93. The Morgan fingerprint density at radius 1 is 1.06 bits per heavy atom. The molecule has 1 aromatic heterocycles. The molecule has 1 heterocycles. The third-order valence-corrected chi connectivity index (χ3v) is 5.68. The molecule has 33 heavy (non-hydrogen) atoms. The molecule has 4 N–H and O–H groups in total. The van der Waals surface area contributed by atoms with Crippen LogP contribution in [0.1, 0.15) is 47.8 Å². The Morgan fingerprint density at radius 2 is 1.79 bits per heavy atom. The maximum absolute atomic E-state index is 13.7. The van der Waals surface area contributed by atoms with Crippen LogP contribution in [0.4, 0.5) is 26.6 Å². The van der Waals surface area contributed by atoms with Crippen molar-refractivity contribution >= 4 is 29.4 Å². The van der Waals surface area contributed by atoms with E-state index in [9.17, 15) is 14.0 Å². The molecule has 1 aliphatic rings. The van der Waals surface area contributed by atoms with Crippen molar-refractivity contribution < 1.29 is 23.1 Å². The zero-order valence-electron chi connectivity index (χ0n) is 17.8. The molecular weight excluding hydrogens is 429 g/mol. The van der Waals surface area contributed by atoms with Gasteiger partial charge in [0.25, 0.3) is 0 Å². The average molecular weight is 453 g/mol. The van der Waals surface area contributed by atoms with Crippen molar-refractivity contribution in [1.82, 2.24) is 10.2 Å². The van der Waals surface area contributed by atoms with Crippen LogP contribution < -0.4 is 16.4 Å². The summed E-state index contributed by atoms with van der Waals surface area (Å²) in [6.07, 6.45) is 3.21. The molecule has 0 radical (unpaired) electrons. The number of ether oxygens (including phenoxy) is 1. The molecule has 0 unspecified atom stereocenters. The lowest BCUT2D eigenvalue weighted by Gasteiger charge is -2.28. The van der Waals surface area contributed by atoms with E-state index in [0.29, 0.717) is 24.1 Å². The van der Waals surface area contributed by atoms with Crippen LogP contribution in [-0.2, 0) is 4.74 Å². The molecule has 172 valence electrons. The molecule has 0 bridgehead atoms. The number of primary amides is 1. The predicted molar refractivity (Wildman–Crippen MR) is 119 cm³/mol. The Labute approximate surface area is 189 Å². The van der Waals surface area contributed by atoms with Crippen molar-refractivity contribution in [2.75, 3.05) is 17.2 Å². The van der Waals surface area contributed by atoms with E-state index in [4.69, 9.17) is 14.9 Å². The van der Waals surface area contributed by atoms with Crippen LogP contribution in [-0.4, -0.2) is 28.8 Å². The lowest BCUT2D eigenvalue weighted by Crippen LogP contribution is -2.22. The van der Waals surface area contributed by atoms with Gasteiger partial charge in [0.1, 0.15) is 5.82 Å². The Hall–Kier alpha value is -3.95. The smallest absolute Gasteiger partial charge is 0.404 e. The molecule has 2 amide bonds. The zero-order valence-corrected chi connectivity index (χ0v) is 17.8. The fraction of sp³-hybridized carbons (Fsp3) is 0.304. The number of nitrogens with two attached hydrogens (primary N) is 1. The first kappa shape index (κ1) is 22.3. The van der Waals surface area contributed by atoms with Gasteiger partial charge in [0, 0.05) is 5.69 Å². The zero-order chi connectivity index (χ0) is 23.2. The predicted octanol–water partition coefficient (Wildman–Crippen LogP) is 4.57. The second-order valence-corrected chi connectivity index (χ2v) is 7.94. The van der Waals surface area contributed by atoms with Crippen LogP contribution in [0.3, 0.4) is 0 Å². The third kappa shape index (κ3) is 5.85. The van der Waals surface area contributed by atoms with Gasteiger partial charge in [-0.05, 0) is 67.3 Å². The normalized spacial score (nSPS) is 17.8. The second-order valence-electron chi connectivity index (χ2n) is 7.94. The van der Waals surface area contributed by atoms with E-state index in [1.54, 1.807) is 12.1 Å². The topological polar surface area (TPSA) is 132 Å². The van der Waals surface area contributed by atoms with E-state index >= 15 is 0 Å². The van der Waals surface area contributed by atoms with Gasteiger partial charge >= 0.3 is 23.9 Å². The first-order chi connectivity index (χ1) is 16.0. The van der Waals surface area contributed by atoms with Crippen molar-refractivity contribution in [2.45, 2.75) is 31.6 Å². The van der Waals surface area contributed by atoms with Gasteiger partial charge in [0.05, 0.1) is 12.3 Å². The number of carbonyl (C=O) groups excluding carboxylic acids is 2. The minimum atomic E-state index is -0.729. The quantitative estimate of drug-likeness (QED) is 0.477. The monoisotopic (exact) mass is 453 g/mol. The summed E-state index contributed by atoms with van der Waals surface area (Å²) in [5.74, 6) is -0.516. The van der Waals surface area contributed by atoms with Crippen LogP contribution in [0.15, 0.2) is 52.9 Å². The molecule has 10 heteroatoms. The van der Waals surface area contributed by atoms with Gasteiger partial charge in [-0.2, -0.15) is 0 Å². The molecule has 1 aliphatic carbocycles. The van der Waals surface area contributed by atoms with E-state index < -0.39 is 17.8 Å². The van der Waals surface area contributed by atoms with E-state index in [1.165, 1.54) is 17.7 Å². The van der Waals surface area contributed by atoms with Crippen LogP contribution in [0.5, 0.6) is 0 Å². The number of rotatable bonds is 7. The number of para-hydroxylation sites is 1. The number of hydrogen-bond donors (Lipinski definition) is 3. The van der Waals surface area contributed by atoms with Gasteiger partial charge < -0.3 is 25.5 Å². The minimum absolute atomic E-state index is 0.0857. The number of amides is 2. The van der Waals surface area contributed by atoms with Gasteiger partial charge in [-0.15, -0.1) is 5.10 Å². The minimum Gasteiger partial charge on any atom is -0.449 e. The van der Waals surface area contributed by atoms with Crippen LogP contribution in [0.25, 0.3) is 0 Å². The standard InChI is InChI=1S/C23H24FN5O4/c24-18-3-1-2-4-19(18)27-23-29-28-21(33-23)20(30)26-17-11-9-16(10-12-17)15-7-5-14(6-8-15)13-32-22(25)31/h1-4,9-12,14-15H,5-8,13H2,(H2,25,31)(H,26,30)(H,27,29). The fourth-order valence-corrected chi connectivity index (χ4v) is 3.93. The van der Waals surface area contributed by atoms with E-state index in [2.05, 4.69) is 20.8 Å². The van der Waals surface area contributed by atoms with Gasteiger partial charge in [-0.1, -0.05) is 29.4 Å². The molecule has 9 nitrogen and oxygen atoms in total. The first-order valence-electron chi connectivity index (χ1n) is 10.7. The molecule has 0 saturated heterocycles. The highest BCUT2D eigenvalue weighted by Gasteiger charge is 2.23. The number of halogens is 1. The largest absolute Gasteiger partial charge is 0.449 e. The summed E-state index contributed by atoms with van der Waals surface area (Å²) in [5.41, 5.74) is 6.98. The SMILES string of the molecule is NC(=O)OCC1CCC(c2ccc(NC(=O)c3nnc(Nc4ccccc4F)o3)cc2)CC1. The van der Waals surface area contributed by atoms with Crippen molar-refractivity contribution in [1.29, 1.82) is 0 Å². The molecule has 0 aliphatic heterocycles. The number of aromatic nitrogens is 2. The number of hydrogen-bond acceptors (Lipinski definition) is 7.